The van der Waals surface area contributed by atoms with E-state index in [2.05, 4.69) is 233 Å². The molecular formula is C58H45N. The molecule has 0 aromatic heterocycles. The van der Waals surface area contributed by atoms with Crippen molar-refractivity contribution in [3.05, 3.63) is 222 Å². The molecule has 0 N–H and O–H groups in total. The van der Waals surface area contributed by atoms with E-state index < -0.39 is 0 Å². The number of hydrogen-bond donors (Lipinski definition) is 0. The molecule has 0 heterocycles. The van der Waals surface area contributed by atoms with E-state index >= 15 is 0 Å². The molecule has 9 aromatic carbocycles. The minimum atomic E-state index is -0.174. The molecule has 0 atom stereocenters. The van der Waals surface area contributed by atoms with Gasteiger partial charge in [0.2, 0.25) is 0 Å². The Morgan fingerprint density at radius 1 is 0.288 bits per heavy atom. The van der Waals surface area contributed by atoms with E-state index in [-0.39, 0.29) is 10.8 Å². The molecule has 0 radical (unpaired) electrons. The van der Waals surface area contributed by atoms with Gasteiger partial charge in [-0.05, 0) is 137 Å². The number of anilines is 3. The standard InChI is InChI=1S/C58H45N/c1-57(2)53-20-11-10-18-49(53)50-32-27-43(35-54(50)57)39-25-29-45(30-26-39)59(44-15-6-5-7-16-44)46-31-34-52-51-33-28-42(36-55(51)58(3,4)56(52)37-46)38-21-23-41(24-22-38)48-19-12-14-40-13-8-9-17-47(40)48/h5-37H,1-4H3. The molecule has 0 saturated carbocycles. The number of para-hydroxylation sites is 1. The van der Waals surface area contributed by atoms with E-state index in [0.717, 1.165) is 17.1 Å². The van der Waals surface area contributed by atoms with Crippen LogP contribution in [0.25, 0.3) is 66.4 Å². The first kappa shape index (κ1) is 35.2. The van der Waals surface area contributed by atoms with Crippen molar-refractivity contribution in [1.82, 2.24) is 0 Å². The average Bonchev–Trinajstić information content (AvgIpc) is 3.65. The number of hydrogen-bond acceptors (Lipinski definition) is 1. The third-order valence-corrected chi connectivity index (χ3v) is 13.3. The Morgan fingerprint density at radius 2 is 0.729 bits per heavy atom. The second kappa shape index (κ2) is 13.3. The highest BCUT2D eigenvalue weighted by Crippen LogP contribution is 2.52. The van der Waals surface area contributed by atoms with Crippen LogP contribution in [0, 0.1) is 0 Å². The summed E-state index contributed by atoms with van der Waals surface area (Å²) in [6.07, 6.45) is 0. The van der Waals surface area contributed by atoms with E-state index in [1.807, 2.05) is 0 Å². The lowest BCUT2D eigenvalue weighted by Gasteiger charge is -2.28. The zero-order valence-corrected chi connectivity index (χ0v) is 34.0. The molecule has 0 bridgehead atoms. The summed E-state index contributed by atoms with van der Waals surface area (Å²) in [7, 11) is 0. The summed E-state index contributed by atoms with van der Waals surface area (Å²) in [6.45, 7) is 9.47. The third kappa shape index (κ3) is 5.60. The SMILES string of the molecule is CC1(C)c2ccccc2-c2ccc(-c3ccc(N(c4ccccc4)c4ccc5c(c4)C(C)(C)c4cc(-c6ccc(-c7cccc8ccccc78)cc6)ccc4-5)cc3)cc21. The first-order valence-corrected chi connectivity index (χ1v) is 20.8. The molecule has 0 spiro atoms. The van der Waals surface area contributed by atoms with Gasteiger partial charge in [0.1, 0.15) is 0 Å². The van der Waals surface area contributed by atoms with Gasteiger partial charge < -0.3 is 4.90 Å². The summed E-state index contributed by atoms with van der Waals surface area (Å²) < 4.78 is 0. The van der Waals surface area contributed by atoms with Gasteiger partial charge in [0.25, 0.3) is 0 Å². The maximum absolute atomic E-state index is 2.43. The minimum absolute atomic E-state index is 0.0290. The Balaban J connectivity index is 0.915. The fourth-order valence-electron chi connectivity index (χ4n) is 10.1. The van der Waals surface area contributed by atoms with Crippen LogP contribution in [-0.4, -0.2) is 0 Å². The molecule has 2 aliphatic carbocycles. The Kier molecular flexibility index (Phi) is 7.94. The monoisotopic (exact) mass is 755 g/mol. The van der Waals surface area contributed by atoms with Crippen LogP contribution in [0.4, 0.5) is 17.1 Å². The molecule has 0 amide bonds. The van der Waals surface area contributed by atoms with Crippen molar-refractivity contribution >= 4 is 27.8 Å². The van der Waals surface area contributed by atoms with Gasteiger partial charge in [-0.15, -0.1) is 0 Å². The van der Waals surface area contributed by atoms with E-state index in [1.165, 1.54) is 88.7 Å². The van der Waals surface area contributed by atoms with Gasteiger partial charge >= 0.3 is 0 Å². The van der Waals surface area contributed by atoms with Gasteiger partial charge in [-0.2, -0.15) is 0 Å². The second-order valence-corrected chi connectivity index (χ2v) is 17.4. The van der Waals surface area contributed by atoms with Gasteiger partial charge in [0.15, 0.2) is 0 Å². The Hall–Kier alpha value is -6.96. The van der Waals surface area contributed by atoms with Gasteiger partial charge in [-0.25, -0.2) is 0 Å². The summed E-state index contributed by atoms with van der Waals surface area (Å²) in [5.41, 5.74) is 21.6. The normalized spacial score (nSPS) is 14.0. The van der Waals surface area contributed by atoms with E-state index in [0.29, 0.717) is 0 Å². The molecule has 1 heteroatoms. The molecule has 0 fully saturated rings. The van der Waals surface area contributed by atoms with Crippen LogP contribution in [-0.2, 0) is 10.8 Å². The number of benzene rings is 9. The Labute approximate surface area is 347 Å². The van der Waals surface area contributed by atoms with Crippen LogP contribution >= 0.6 is 0 Å². The molecule has 11 rings (SSSR count). The lowest BCUT2D eigenvalue weighted by atomic mass is 9.81. The van der Waals surface area contributed by atoms with Crippen LogP contribution < -0.4 is 4.90 Å². The predicted octanol–water partition coefficient (Wildman–Crippen LogP) is 15.9. The summed E-state index contributed by atoms with van der Waals surface area (Å²) in [5.74, 6) is 0. The average molecular weight is 756 g/mol. The van der Waals surface area contributed by atoms with Crippen molar-refractivity contribution in [1.29, 1.82) is 0 Å². The van der Waals surface area contributed by atoms with Crippen LogP contribution in [0.2, 0.25) is 0 Å². The highest BCUT2D eigenvalue weighted by atomic mass is 15.1. The lowest BCUT2D eigenvalue weighted by Crippen LogP contribution is -2.16. The minimum Gasteiger partial charge on any atom is -0.310 e. The van der Waals surface area contributed by atoms with E-state index in [9.17, 15) is 0 Å². The van der Waals surface area contributed by atoms with Gasteiger partial charge in [0, 0.05) is 27.9 Å². The van der Waals surface area contributed by atoms with Crippen molar-refractivity contribution < 1.29 is 0 Å². The van der Waals surface area contributed by atoms with Crippen LogP contribution in [0.5, 0.6) is 0 Å². The van der Waals surface area contributed by atoms with Crippen LogP contribution in [0.3, 0.4) is 0 Å². The largest absolute Gasteiger partial charge is 0.310 e. The number of rotatable bonds is 6. The zero-order chi connectivity index (χ0) is 39.9. The topological polar surface area (TPSA) is 3.24 Å². The molecule has 0 saturated heterocycles. The Morgan fingerprint density at radius 3 is 1.42 bits per heavy atom. The summed E-state index contributed by atoms with van der Waals surface area (Å²) in [4.78, 5) is 2.40. The molecule has 282 valence electrons. The van der Waals surface area contributed by atoms with Crippen molar-refractivity contribution in [2.24, 2.45) is 0 Å². The summed E-state index contributed by atoms with van der Waals surface area (Å²) >= 11 is 0. The summed E-state index contributed by atoms with van der Waals surface area (Å²) in [6, 6.07) is 74.2. The molecular weight excluding hydrogens is 711 g/mol. The predicted molar refractivity (Wildman–Crippen MR) is 250 cm³/mol. The maximum atomic E-state index is 2.43. The molecule has 0 aliphatic heterocycles. The fraction of sp³-hybridized carbons (Fsp3) is 0.103. The van der Waals surface area contributed by atoms with Crippen LogP contribution in [0.15, 0.2) is 200 Å². The molecule has 2 aliphatic rings. The Bertz CT molecular complexity index is 3070. The fourth-order valence-corrected chi connectivity index (χ4v) is 10.1. The zero-order valence-electron chi connectivity index (χ0n) is 34.0. The smallest absolute Gasteiger partial charge is 0.0465 e. The highest BCUT2D eigenvalue weighted by molar-refractivity contribution is 5.97. The van der Waals surface area contributed by atoms with Crippen molar-refractivity contribution in [3.63, 3.8) is 0 Å². The second-order valence-electron chi connectivity index (χ2n) is 17.4. The quantitative estimate of drug-likeness (QED) is 0.163. The first-order valence-electron chi connectivity index (χ1n) is 20.8. The summed E-state index contributed by atoms with van der Waals surface area (Å²) in [5, 5.41) is 2.55. The van der Waals surface area contributed by atoms with Gasteiger partial charge in [-0.1, -0.05) is 179 Å². The first-order chi connectivity index (χ1) is 28.8. The molecule has 1 nitrogen and oxygen atoms in total. The number of fused-ring (bicyclic) bond motifs is 7. The van der Waals surface area contributed by atoms with Gasteiger partial charge in [-0.3, -0.25) is 0 Å². The van der Waals surface area contributed by atoms with Crippen molar-refractivity contribution in [2.45, 2.75) is 38.5 Å². The van der Waals surface area contributed by atoms with Crippen molar-refractivity contribution in [2.75, 3.05) is 4.90 Å². The van der Waals surface area contributed by atoms with Gasteiger partial charge in [0.05, 0.1) is 0 Å². The van der Waals surface area contributed by atoms with Crippen LogP contribution in [0.1, 0.15) is 49.9 Å². The lowest BCUT2D eigenvalue weighted by molar-refractivity contribution is 0.660. The van der Waals surface area contributed by atoms with E-state index in [4.69, 9.17) is 0 Å². The van der Waals surface area contributed by atoms with Crippen molar-refractivity contribution in [3.8, 4) is 55.6 Å². The highest BCUT2D eigenvalue weighted by Gasteiger charge is 2.37. The molecule has 59 heavy (non-hydrogen) atoms. The third-order valence-electron chi connectivity index (χ3n) is 13.3. The van der Waals surface area contributed by atoms with E-state index in [1.54, 1.807) is 0 Å². The maximum Gasteiger partial charge on any atom is 0.0465 e. The molecule has 0 unspecified atom stereocenters. The molecule has 9 aromatic rings. The number of nitrogens with zero attached hydrogens (tertiary/aromatic N) is 1.